The molecule has 1 rings (SSSR count). The van der Waals surface area contributed by atoms with Crippen molar-refractivity contribution in [2.24, 2.45) is 5.73 Å². The number of pyridine rings is 1. The number of hydrogen-bond acceptors (Lipinski definition) is 2. The molecule has 0 atom stereocenters. The standard InChI is InChI=1S/C6H6F2N2/c7-5-1-6(8)10-3-4(5)2-9/h1,3H,2,9H2. The fourth-order valence-corrected chi connectivity index (χ4v) is 0.586. The Morgan fingerprint density at radius 2 is 2.20 bits per heavy atom. The van der Waals surface area contributed by atoms with E-state index in [-0.39, 0.29) is 12.1 Å². The van der Waals surface area contributed by atoms with Crippen molar-refractivity contribution in [1.29, 1.82) is 0 Å². The predicted octanol–water partition coefficient (Wildman–Crippen LogP) is 0.819. The molecule has 10 heavy (non-hydrogen) atoms. The number of aromatic nitrogens is 1. The van der Waals surface area contributed by atoms with E-state index in [9.17, 15) is 8.78 Å². The Kier molecular flexibility index (Phi) is 1.91. The highest BCUT2D eigenvalue weighted by atomic mass is 19.1. The van der Waals surface area contributed by atoms with Crippen LogP contribution in [0.1, 0.15) is 5.56 Å². The van der Waals surface area contributed by atoms with Crippen molar-refractivity contribution in [2.45, 2.75) is 6.54 Å². The molecular formula is C6H6F2N2. The van der Waals surface area contributed by atoms with Gasteiger partial charge in [-0.2, -0.15) is 4.39 Å². The average Bonchev–Trinajstić information content (AvgIpc) is 1.88. The second-order valence-corrected chi connectivity index (χ2v) is 1.80. The molecule has 0 saturated heterocycles. The summed E-state index contributed by atoms with van der Waals surface area (Å²) in [6, 6.07) is 0.711. The number of nitrogens with zero attached hydrogens (tertiary/aromatic N) is 1. The van der Waals surface area contributed by atoms with E-state index in [1.165, 1.54) is 0 Å². The van der Waals surface area contributed by atoms with Gasteiger partial charge in [-0.1, -0.05) is 0 Å². The van der Waals surface area contributed by atoms with Crippen molar-refractivity contribution in [3.05, 3.63) is 29.6 Å². The molecule has 1 heterocycles. The molecule has 0 aliphatic heterocycles. The van der Waals surface area contributed by atoms with Gasteiger partial charge < -0.3 is 5.73 Å². The summed E-state index contributed by atoms with van der Waals surface area (Å²) >= 11 is 0. The molecule has 1 aromatic rings. The van der Waals surface area contributed by atoms with Crippen LogP contribution in [0.3, 0.4) is 0 Å². The molecule has 2 N–H and O–H groups in total. The van der Waals surface area contributed by atoms with Crippen LogP contribution in [0.15, 0.2) is 12.3 Å². The first-order valence-electron chi connectivity index (χ1n) is 2.74. The molecular weight excluding hydrogens is 138 g/mol. The van der Waals surface area contributed by atoms with Crippen LogP contribution in [-0.4, -0.2) is 4.98 Å². The molecule has 0 amide bonds. The van der Waals surface area contributed by atoms with E-state index in [0.717, 1.165) is 6.20 Å². The number of rotatable bonds is 1. The third-order valence-corrected chi connectivity index (χ3v) is 1.12. The SMILES string of the molecule is NCc1cnc(F)cc1F. The summed E-state index contributed by atoms with van der Waals surface area (Å²) in [4.78, 5) is 3.22. The zero-order valence-electron chi connectivity index (χ0n) is 5.14. The highest BCUT2D eigenvalue weighted by Crippen LogP contribution is 2.04. The summed E-state index contributed by atoms with van der Waals surface area (Å²) in [5.41, 5.74) is 5.32. The van der Waals surface area contributed by atoms with Crippen molar-refractivity contribution < 1.29 is 8.78 Å². The molecule has 54 valence electrons. The quantitative estimate of drug-likeness (QED) is 0.592. The van der Waals surface area contributed by atoms with Gasteiger partial charge in [0.2, 0.25) is 5.95 Å². The van der Waals surface area contributed by atoms with E-state index >= 15 is 0 Å². The third-order valence-electron chi connectivity index (χ3n) is 1.12. The van der Waals surface area contributed by atoms with Crippen molar-refractivity contribution in [3.8, 4) is 0 Å². The van der Waals surface area contributed by atoms with Crippen LogP contribution in [0.25, 0.3) is 0 Å². The lowest BCUT2D eigenvalue weighted by Crippen LogP contribution is -2.01. The van der Waals surface area contributed by atoms with E-state index in [0.29, 0.717) is 6.07 Å². The van der Waals surface area contributed by atoms with Gasteiger partial charge in [-0.05, 0) is 0 Å². The smallest absolute Gasteiger partial charge is 0.215 e. The molecule has 1 aromatic heterocycles. The van der Waals surface area contributed by atoms with Gasteiger partial charge in [-0.25, -0.2) is 9.37 Å². The van der Waals surface area contributed by atoms with Crippen molar-refractivity contribution in [1.82, 2.24) is 4.98 Å². The molecule has 0 aliphatic carbocycles. The summed E-state index contributed by atoms with van der Waals surface area (Å²) in [7, 11) is 0. The Balaban J connectivity index is 3.07. The lowest BCUT2D eigenvalue weighted by Gasteiger charge is -1.95. The van der Waals surface area contributed by atoms with Crippen molar-refractivity contribution in [3.63, 3.8) is 0 Å². The maximum absolute atomic E-state index is 12.5. The largest absolute Gasteiger partial charge is 0.326 e. The van der Waals surface area contributed by atoms with Crippen LogP contribution >= 0.6 is 0 Å². The first-order chi connectivity index (χ1) is 4.74. The maximum Gasteiger partial charge on any atom is 0.215 e. The number of halogens is 2. The average molecular weight is 144 g/mol. The van der Waals surface area contributed by atoms with Crippen molar-refractivity contribution in [2.75, 3.05) is 0 Å². The molecule has 0 fully saturated rings. The molecule has 0 radical (unpaired) electrons. The molecule has 2 nitrogen and oxygen atoms in total. The van der Waals surface area contributed by atoms with Gasteiger partial charge in [0.15, 0.2) is 0 Å². The lowest BCUT2D eigenvalue weighted by molar-refractivity contribution is 0.543. The monoisotopic (exact) mass is 144 g/mol. The highest BCUT2D eigenvalue weighted by Gasteiger charge is 2.00. The van der Waals surface area contributed by atoms with Crippen LogP contribution in [0, 0.1) is 11.8 Å². The molecule has 4 heteroatoms. The van der Waals surface area contributed by atoms with Gasteiger partial charge in [0.1, 0.15) is 5.82 Å². The van der Waals surface area contributed by atoms with E-state index < -0.39 is 11.8 Å². The van der Waals surface area contributed by atoms with E-state index in [2.05, 4.69) is 4.98 Å². The van der Waals surface area contributed by atoms with Gasteiger partial charge in [-0.3, -0.25) is 0 Å². The zero-order chi connectivity index (χ0) is 7.56. The van der Waals surface area contributed by atoms with Crippen LogP contribution in [0.2, 0.25) is 0 Å². The summed E-state index contributed by atoms with van der Waals surface area (Å²) < 4.78 is 24.6. The molecule has 0 saturated carbocycles. The summed E-state index contributed by atoms with van der Waals surface area (Å²) in [6.45, 7) is 0.0408. The first-order valence-corrected chi connectivity index (χ1v) is 2.74. The summed E-state index contributed by atoms with van der Waals surface area (Å²) in [5, 5.41) is 0. The Bertz CT molecular complexity index is 237. The second kappa shape index (κ2) is 2.70. The van der Waals surface area contributed by atoms with Gasteiger partial charge in [0.25, 0.3) is 0 Å². The minimum Gasteiger partial charge on any atom is -0.326 e. The third kappa shape index (κ3) is 1.27. The second-order valence-electron chi connectivity index (χ2n) is 1.80. The summed E-state index contributed by atoms with van der Waals surface area (Å²) in [5.74, 6) is -1.47. The molecule has 0 aromatic carbocycles. The number of nitrogens with two attached hydrogens (primary N) is 1. The van der Waals surface area contributed by atoms with Crippen LogP contribution in [-0.2, 0) is 6.54 Å². The van der Waals surface area contributed by atoms with Crippen LogP contribution in [0.5, 0.6) is 0 Å². The van der Waals surface area contributed by atoms with Crippen LogP contribution < -0.4 is 5.73 Å². The Morgan fingerprint density at radius 3 is 2.70 bits per heavy atom. The molecule has 0 aliphatic rings. The Hall–Kier alpha value is -1.03. The normalized spacial score (nSPS) is 9.90. The summed E-state index contributed by atoms with van der Waals surface area (Å²) in [6.07, 6.45) is 1.09. The van der Waals surface area contributed by atoms with Gasteiger partial charge in [-0.15, -0.1) is 0 Å². The molecule has 0 bridgehead atoms. The zero-order valence-corrected chi connectivity index (χ0v) is 5.14. The topological polar surface area (TPSA) is 38.9 Å². The van der Waals surface area contributed by atoms with Crippen LogP contribution in [0.4, 0.5) is 8.78 Å². The van der Waals surface area contributed by atoms with E-state index in [1.54, 1.807) is 0 Å². The van der Waals surface area contributed by atoms with Gasteiger partial charge in [0.05, 0.1) is 0 Å². The fraction of sp³-hybridized carbons (Fsp3) is 0.167. The van der Waals surface area contributed by atoms with Gasteiger partial charge in [0, 0.05) is 24.4 Å². The van der Waals surface area contributed by atoms with Crippen molar-refractivity contribution >= 4 is 0 Å². The molecule has 0 unspecified atom stereocenters. The Morgan fingerprint density at radius 1 is 1.50 bits per heavy atom. The lowest BCUT2D eigenvalue weighted by atomic mass is 10.3. The van der Waals surface area contributed by atoms with E-state index in [1.807, 2.05) is 0 Å². The fourth-order valence-electron chi connectivity index (χ4n) is 0.586. The maximum atomic E-state index is 12.5. The highest BCUT2D eigenvalue weighted by molar-refractivity contribution is 5.11. The predicted molar refractivity (Wildman–Crippen MR) is 32.0 cm³/mol. The minimum absolute atomic E-state index is 0.0408. The minimum atomic E-state index is -0.824. The van der Waals surface area contributed by atoms with E-state index in [4.69, 9.17) is 5.73 Å². The first kappa shape index (κ1) is 7.08. The molecule has 0 spiro atoms. The van der Waals surface area contributed by atoms with Gasteiger partial charge >= 0.3 is 0 Å². The Labute approximate surface area is 56.7 Å². The number of hydrogen-bond donors (Lipinski definition) is 1.